The summed E-state index contributed by atoms with van der Waals surface area (Å²) in [4.78, 5) is 11.8. The standard InChI is InChI=1S/C13H14ClN3O/c1-2-11-7-12(17-16-11)13(18)15-8-9-4-3-5-10(14)6-9/h3-7H,2,8H2,1H3,(H,15,18)(H,16,17). The number of nitrogens with one attached hydrogen (secondary N) is 2. The van der Waals surface area contributed by atoms with Gasteiger partial charge in [0, 0.05) is 17.3 Å². The average Bonchev–Trinajstić information content (AvgIpc) is 2.85. The molecule has 1 aromatic carbocycles. The number of aromatic nitrogens is 2. The van der Waals surface area contributed by atoms with Crippen LogP contribution in [0.2, 0.25) is 5.02 Å². The Morgan fingerprint density at radius 1 is 1.44 bits per heavy atom. The second-order valence-corrected chi connectivity index (χ2v) is 4.38. The normalized spacial score (nSPS) is 10.3. The highest BCUT2D eigenvalue weighted by molar-refractivity contribution is 6.30. The molecule has 0 bridgehead atoms. The molecule has 2 N–H and O–H groups in total. The second-order valence-electron chi connectivity index (χ2n) is 3.94. The minimum atomic E-state index is -0.189. The summed E-state index contributed by atoms with van der Waals surface area (Å²) in [5, 5.41) is 10.2. The maximum atomic E-state index is 11.8. The Morgan fingerprint density at radius 3 is 2.94 bits per heavy atom. The van der Waals surface area contributed by atoms with Gasteiger partial charge < -0.3 is 5.32 Å². The molecule has 94 valence electrons. The SMILES string of the molecule is CCc1cc(C(=O)NCc2cccc(Cl)c2)n[nH]1. The summed E-state index contributed by atoms with van der Waals surface area (Å²) in [6, 6.07) is 9.15. The van der Waals surface area contributed by atoms with E-state index in [-0.39, 0.29) is 5.91 Å². The highest BCUT2D eigenvalue weighted by atomic mass is 35.5. The molecule has 2 aromatic rings. The van der Waals surface area contributed by atoms with E-state index >= 15 is 0 Å². The Kier molecular flexibility index (Phi) is 3.99. The van der Waals surface area contributed by atoms with Crippen LogP contribution in [0, 0.1) is 0 Å². The van der Waals surface area contributed by atoms with Crippen LogP contribution in [0.15, 0.2) is 30.3 Å². The van der Waals surface area contributed by atoms with Crippen LogP contribution >= 0.6 is 11.6 Å². The summed E-state index contributed by atoms with van der Waals surface area (Å²) in [5.74, 6) is -0.189. The lowest BCUT2D eigenvalue weighted by atomic mass is 10.2. The van der Waals surface area contributed by atoms with E-state index in [0.717, 1.165) is 17.7 Å². The third kappa shape index (κ3) is 3.11. The monoisotopic (exact) mass is 263 g/mol. The Hall–Kier alpha value is -1.81. The molecular weight excluding hydrogens is 250 g/mol. The van der Waals surface area contributed by atoms with Crippen molar-refractivity contribution in [3.8, 4) is 0 Å². The summed E-state index contributed by atoms with van der Waals surface area (Å²) < 4.78 is 0. The van der Waals surface area contributed by atoms with Crippen LogP contribution in [0.1, 0.15) is 28.7 Å². The summed E-state index contributed by atoms with van der Waals surface area (Å²) in [7, 11) is 0. The molecular formula is C13H14ClN3O. The molecule has 1 amide bonds. The van der Waals surface area contributed by atoms with Crippen molar-refractivity contribution in [3.05, 3.63) is 52.3 Å². The quantitative estimate of drug-likeness (QED) is 0.891. The second kappa shape index (κ2) is 5.69. The zero-order valence-corrected chi connectivity index (χ0v) is 10.8. The molecule has 0 fully saturated rings. The maximum Gasteiger partial charge on any atom is 0.272 e. The van der Waals surface area contributed by atoms with Crippen molar-refractivity contribution in [2.45, 2.75) is 19.9 Å². The number of nitrogens with zero attached hydrogens (tertiary/aromatic N) is 1. The number of benzene rings is 1. The Bertz CT molecular complexity index is 551. The number of hydrogen-bond donors (Lipinski definition) is 2. The van der Waals surface area contributed by atoms with Gasteiger partial charge in [-0.2, -0.15) is 5.10 Å². The van der Waals surface area contributed by atoms with Crippen molar-refractivity contribution in [1.29, 1.82) is 0 Å². The lowest BCUT2D eigenvalue weighted by molar-refractivity contribution is 0.0946. The van der Waals surface area contributed by atoms with Crippen molar-refractivity contribution >= 4 is 17.5 Å². The number of carbonyl (C=O) groups excluding carboxylic acids is 1. The third-order valence-electron chi connectivity index (χ3n) is 2.59. The van der Waals surface area contributed by atoms with E-state index in [1.165, 1.54) is 0 Å². The van der Waals surface area contributed by atoms with Gasteiger partial charge in [-0.25, -0.2) is 0 Å². The average molecular weight is 264 g/mol. The molecule has 0 saturated heterocycles. The van der Waals surface area contributed by atoms with E-state index in [1.807, 2.05) is 25.1 Å². The molecule has 5 heteroatoms. The number of aryl methyl sites for hydroxylation is 1. The van der Waals surface area contributed by atoms with Gasteiger partial charge in [-0.05, 0) is 30.2 Å². The van der Waals surface area contributed by atoms with Gasteiger partial charge in [0.1, 0.15) is 5.69 Å². The molecule has 0 radical (unpaired) electrons. The summed E-state index contributed by atoms with van der Waals surface area (Å²) in [6.07, 6.45) is 0.828. The molecule has 0 aliphatic rings. The lowest BCUT2D eigenvalue weighted by Crippen LogP contribution is -2.23. The predicted octanol–water partition coefficient (Wildman–Crippen LogP) is 2.56. The van der Waals surface area contributed by atoms with Crippen molar-refractivity contribution in [1.82, 2.24) is 15.5 Å². The fourth-order valence-corrected chi connectivity index (χ4v) is 1.79. The fraction of sp³-hybridized carbons (Fsp3) is 0.231. The lowest BCUT2D eigenvalue weighted by Gasteiger charge is -2.03. The first-order valence-electron chi connectivity index (χ1n) is 5.76. The van der Waals surface area contributed by atoms with E-state index in [4.69, 9.17) is 11.6 Å². The van der Waals surface area contributed by atoms with Crippen molar-refractivity contribution in [3.63, 3.8) is 0 Å². The van der Waals surface area contributed by atoms with Crippen molar-refractivity contribution < 1.29 is 4.79 Å². The fourth-order valence-electron chi connectivity index (χ4n) is 1.58. The van der Waals surface area contributed by atoms with Crippen LogP contribution < -0.4 is 5.32 Å². The van der Waals surface area contributed by atoms with Crippen molar-refractivity contribution in [2.24, 2.45) is 0 Å². The largest absolute Gasteiger partial charge is 0.347 e. The maximum absolute atomic E-state index is 11.8. The summed E-state index contributed by atoms with van der Waals surface area (Å²) in [5.41, 5.74) is 2.32. The van der Waals surface area contributed by atoms with Gasteiger partial charge in [0.25, 0.3) is 5.91 Å². The number of hydrogen-bond acceptors (Lipinski definition) is 2. The van der Waals surface area contributed by atoms with E-state index in [1.54, 1.807) is 12.1 Å². The van der Waals surface area contributed by atoms with Crippen LogP contribution in [0.4, 0.5) is 0 Å². The number of halogens is 1. The Morgan fingerprint density at radius 2 is 2.28 bits per heavy atom. The minimum Gasteiger partial charge on any atom is -0.347 e. The molecule has 0 spiro atoms. The molecule has 2 rings (SSSR count). The smallest absolute Gasteiger partial charge is 0.272 e. The topological polar surface area (TPSA) is 57.8 Å². The molecule has 0 atom stereocenters. The molecule has 0 saturated carbocycles. The molecule has 4 nitrogen and oxygen atoms in total. The van der Waals surface area contributed by atoms with Crippen molar-refractivity contribution in [2.75, 3.05) is 0 Å². The van der Waals surface area contributed by atoms with E-state index in [2.05, 4.69) is 15.5 Å². The highest BCUT2D eigenvalue weighted by Gasteiger charge is 2.09. The molecule has 0 aliphatic carbocycles. The van der Waals surface area contributed by atoms with Crippen LogP contribution in [-0.2, 0) is 13.0 Å². The van der Waals surface area contributed by atoms with Gasteiger partial charge in [0.15, 0.2) is 0 Å². The number of aromatic amines is 1. The van der Waals surface area contributed by atoms with Crippen LogP contribution in [0.5, 0.6) is 0 Å². The van der Waals surface area contributed by atoms with E-state index in [0.29, 0.717) is 17.3 Å². The Labute approximate surface area is 110 Å². The first-order valence-corrected chi connectivity index (χ1v) is 6.13. The van der Waals surface area contributed by atoms with Gasteiger partial charge >= 0.3 is 0 Å². The van der Waals surface area contributed by atoms with Crippen LogP contribution in [0.25, 0.3) is 0 Å². The zero-order chi connectivity index (χ0) is 13.0. The van der Waals surface area contributed by atoms with E-state index < -0.39 is 0 Å². The van der Waals surface area contributed by atoms with Gasteiger partial charge in [-0.1, -0.05) is 30.7 Å². The molecule has 0 unspecified atom stereocenters. The predicted molar refractivity (Wildman–Crippen MR) is 70.6 cm³/mol. The minimum absolute atomic E-state index is 0.189. The highest BCUT2D eigenvalue weighted by Crippen LogP contribution is 2.10. The van der Waals surface area contributed by atoms with Gasteiger partial charge in [0.2, 0.25) is 0 Å². The first kappa shape index (κ1) is 12.6. The van der Waals surface area contributed by atoms with Crippen LogP contribution in [0.3, 0.4) is 0 Å². The molecule has 0 aliphatic heterocycles. The summed E-state index contributed by atoms with van der Waals surface area (Å²) >= 11 is 5.87. The van der Waals surface area contributed by atoms with Gasteiger partial charge in [0.05, 0.1) is 0 Å². The van der Waals surface area contributed by atoms with Gasteiger partial charge in [-0.15, -0.1) is 0 Å². The number of H-pyrrole nitrogens is 1. The van der Waals surface area contributed by atoms with E-state index in [9.17, 15) is 4.79 Å². The Balaban J connectivity index is 1.96. The number of rotatable bonds is 4. The van der Waals surface area contributed by atoms with Crippen LogP contribution in [-0.4, -0.2) is 16.1 Å². The van der Waals surface area contributed by atoms with Gasteiger partial charge in [-0.3, -0.25) is 9.89 Å². The molecule has 1 aromatic heterocycles. The zero-order valence-electron chi connectivity index (χ0n) is 10.0. The molecule has 18 heavy (non-hydrogen) atoms. The summed E-state index contributed by atoms with van der Waals surface area (Å²) in [6.45, 7) is 2.44. The number of carbonyl (C=O) groups is 1. The first-order chi connectivity index (χ1) is 8.69. The molecule has 1 heterocycles. The third-order valence-corrected chi connectivity index (χ3v) is 2.82. The number of amides is 1.